The Balaban J connectivity index is 1.78. The molecule has 2 aromatic carbocycles. The lowest BCUT2D eigenvalue weighted by atomic mass is 10.0. The Hall–Kier alpha value is -3.55. The van der Waals surface area contributed by atoms with Gasteiger partial charge < -0.3 is 10.0 Å². The van der Waals surface area contributed by atoms with Crippen molar-refractivity contribution in [2.75, 3.05) is 11.9 Å². The number of nitrogens with one attached hydrogen (secondary N) is 2. The molecule has 0 unspecified atom stereocenters. The van der Waals surface area contributed by atoms with Crippen LogP contribution in [0.1, 0.15) is 19.5 Å². The summed E-state index contributed by atoms with van der Waals surface area (Å²) in [7, 11) is 1.89. The van der Waals surface area contributed by atoms with Gasteiger partial charge in [0.15, 0.2) is 0 Å². The molecule has 4 aromatic rings. The minimum atomic E-state index is -0.995. The molecule has 0 aliphatic carbocycles. The average Bonchev–Trinajstić information content (AvgIpc) is 2.77. The maximum absolute atomic E-state index is 10.1. The molecule has 0 spiro atoms. The number of benzene rings is 2. The van der Waals surface area contributed by atoms with Gasteiger partial charge in [-0.2, -0.15) is 4.98 Å². The van der Waals surface area contributed by atoms with Crippen molar-refractivity contribution in [1.82, 2.24) is 14.5 Å². The molecule has 0 fully saturated rings. The highest BCUT2D eigenvalue weighted by atomic mass is 35.5. The maximum Gasteiger partial charge on any atom is 0.229 e. The number of hydrogen-bond acceptors (Lipinski definition) is 6. The molecule has 4 rings (SSSR count). The highest BCUT2D eigenvalue weighted by molar-refractivity contribution is 6.31. The number of fused-ring (bicyclic) bond motifs is 1. The lowest BCUT2D eigenvalue weighted by molar-refractivity contribution is 0.0739. The van der Waals surface area contributed by atoms with Gasteiger partial charge in [-0.1, -0.05) is 29.8 Å². The molecule has 3 N–H and O–H groups in total. The first-order chi connectivity index (χ1) is 15.2. The van der Waals surface area contributed by atoms with Crippen LogP contribution in [0, 0.1) is 10.8 Å². The van der Waals surface area contributed by atoms with Gasteiger partial charge in [-0.15, -0.1) is 0 Å². The standard InChI is InChI=1S/C24H23ClN6O/c1-24(2,32)21-10-7-16(13-28-21)15-5-4-6-18(11-15)30(3)22-19-9-8-17(25)12-20(19)31(14-26)23(27)29-22/h4-14,26-27,32H,1-3H3. The predicted octanol–water partition coefficient (Wildman–Crippen LogP) is 4.68. The molecule has 162 valence electrons. The van der Waals surface area contributed by atoms with Crippen molar-refractivity contribution in [3.8, 4) is 11.1 Å². The molecule has 2 heterocycles. The zero-order valence-electron chi connectivity index (χ0n) is 18.0. The van der Waals surface area contributed by atoms with Crippen LogP contribution in [0.3, 0.4) is 0 Å². The summed E-state index contributed by atoms with van der Waals surface area (Å²) in [5.41, 5.74) is 2.96. The number of halogens is 1. The van der Waals surface area contributed by atoms with Crippen molar-refractivity contribution in [3.63, 3.8) is 0 Å². The Kier molecular flexibility index (Phi) is 5.54. The van der Waals surface area contributed by atoms with Crippen molar-refractivity contribution in [2.45, 2.75) is 19.4 Å². The van der Waals surface area contributed by atoms with Crippen LogP contribution in [0.4, 0.5) is 11.5 Å². The summed E-state index contributed by atoms with van der Waals surface area (Å²) in [5, 5.41) is 27.4. The number of aliphatic hydroxyl groups is 1. The Labute approximate surface area is 190 Å². The van der Waals surface area contributed by atoms with E-state index in [0.717, 1.165) is 28.5 Å². The fraction of sp³-hybridized carbons (Fsp3) is 0.167. The van der Waals surface area contributed by atoms with Gasteiger partial charge in [-0.25, -0.2) is 0 Å². The molecular weight excluding hydrogens is 424 g/mol. The summed E-state index contributed by atoms with van der Waals surface area (Å²) in [6.07, 6.45) is 2.81. The van der Waals surface area contributed by atoms with Gasteiger partial charge in [-0.3, -0.25) is 20.4 Å². The van der Waals surface area contributed by atoms with Crippen molar-refractivity contribution < 1.29 is 5.11 Å². The highest BCUT2D eigenvalue weighted by Crippen LogP contribution is 2.32. The van der Waals surface area contributed by atoms with Crippen molar-refractivity contribution in [3.05, 3.63) is 77.1 Å². The Morgan fingerprint density at radius 1 is 1.09 bits per heavy atom. The van der Waals surface area contributed by atoms with Crippen molar-refractivity contribution >= 4 is 40.3 Å². The monoisotopic (exact) mass is 446 g/mol. The third kappa shape index (κ3) is 4.00. The van der Waals surface area contributed by atoms with E-state index in [1.807, 2.05) is 54.4 Å². The van der Waals surface area contributed by atoms with Crippen LogP contribution in [-0.2, 0) is 5.60 Å². The van der Waals surface area contributed by atoms with E-state index in [-0.39, 0.29) is 5.62 Å². The van der Waals surface area contributed by atoms with E-state index in [1.165, 1.54) is 4.57 Å². The van der Waals surface area contributed by atoms with Crippen molar-refractivity contribution in [2.24, 2.45) is 0 Å². The zero-order valence-corrected chi connectivity index (χ0v) is 18.7. The Bertz CT molecular complexity index is 1370. The quantitative estimate of drug-likeness (QED) is 0.306. The molecular formula is C24H23ClN6O. The molecule has 8 heteroatoms. The van der Waals surface area contributed by atoms with Crippen LogP contribution >= 0.6 is 11.6 Å². The van der Waals surface area contributed by atoms with Crippen LogP contribution in [-0.4, -0.2) is 33.0 Å². The van der Waals surface area contributed by atoms with Crippen LogP contribution in [0.25, 0.3) is 22.0 Å². The first-order valence-corrected chi connectivity index (χ1v) is 10.4. The zero-order chi connectivity index (χ0) is 23.0. The average molecular weight is 447 g/mol. The molecule has 0 saturated carbocycles. The summed E-state index contributed by atoms with van der Waals surface area (Å²) < 4.78 is 1.38. The van der Waals surface area contributed by atoms with Crippen LogP contribution in [0.2, 0.25) is 5.02 Å². The molecule has 32 heavy (non-hydrogen) atoms. The van der Waals surface area contributed by atoms with Crippen LogP contribution < -0.4 is 10.5 Å². The molecule has 2 aromatic heterocycles. The van der Waals surface area contributed by atoms with Gasteiger partial charge in [0, 0.05) is 34.9 Å². The van der Waals surface area contributed by atoms with Gasteiger partial charge in [0.25, 0.3) is 0 Å². The van der Waals surface area contributed by atoms with E-state index in [2.05, 4.69) is 9.97 Å². The fourth-order valence-electron chi connectivity index (χ4n) is 3.55. The van der Waals surface area contributed by atoms with Gasteiger partial charge in [0.1, 0.15) is 11.4 Å². The maximum atomic E-state index is 10.1. The van der Waals surface area contributed by atoms with Crippen LogP contribution in [0.5, 0.6) is 0 Å². The molecule has 0 atom stereocenters. The van der Waals surface area contributed by atoms with Gasteiger partial charge >= 0.3 is 0 Å². The van der Waals surface area contributed by atoms with Gasteiger partial charge in [-0.05, 0) is 55.8 Å². The first-order valence-electron chi connectivity index (χ1n) is 9.99. The topological polar surface area (TPSA) is 102 Å². The van der Waals surface area contributed by atoms with Crippen LogP contribution in [0.15, 0.2) is 60.8 Å². The second kappa shape index (κ2) is 8.18. The van der Waals surface area contributed by atoms with Gasteiger partial charge in [0.05, 0.1) is 17.5 Å². The van der Waals surface area contributed by atoms with E-state index in [1.54, 1.807) is 32.2 Å². The lowest BCUT2D eigenvalue weighted by Crippen LogP contribution is -2.26. The number of rotatable bonds is 5. The van der Waals surface area contributed by atoms with E-state index >= 15 is 0 Å². The van der Waals surface area contributed by atoms with Crippen molar-refractivity contribution in [1.29, 1.82) is 10.8 Å². The number of pyridine rings is 1. The second-order valence-electron chi connectivity index (χ2n) is 8.02. The number of aromatic nitrogens is 3. The van der Waals surface area contributed by atoms with E-state index in [0.29, 0.717) is 22.1 Å². The number of hydrogen-bond donors (Lipinski definition) is 3. The molecule has 7 nitrogen and oxygen atoms in total. The minimum Gasteiger partial charge on any atom is -0.384 e. The second-order valence-corrected chi connectivity index (χ2v) is 8.46. The Morgan fingerprint density at radius 3 is 2.53 bits per heavy atom. The fourth-order valence-corrected chi connectivity index (χ4v) is 3.72. The number of nitrogens with zero attached hydrogens (tertiary/aromatic N) is 4. The normalized spacial score (nSPS) is 11.5. The molecule has 0 aliphatic rings. The summed E-state index contributed by atoms with van der Waals surface area (Å²) in [5.74, 6) is 0.590. The summed E-state index contributed by atoms with van der Waals surface area (Å²) >= 11 is 6.17. The summed E-state index contributed by atoms with van der Waals surface area (Å²) in [6.45, 7) is 3.41. The highest BCUT2D eigenvalue weighted by Gasteiger charge is 2.18. The third-order valence-corrected chi connectivity index (χ3v) is 5.54. The first kappa shape index (κ1) is 21.7. The molecule has 0 radical (unpaired) electrons. The van der Waals surface area contributed by atoms with E-state index in [9.17, 15) is 5.11 Å². The van der Waals surface area contributed by atoms with E-state index < -0.39 is 5.60 Å². The molecule has 0 saturated heterocycles. The lowest BCUT2D eigenvalue weighted by Gasteiger charge is -2.22. The molecule has 0 amide bonds. The summed E-state index contributed by atoms with van der Waals surface area (Å²) in [4.78, 5) is 10.7. The van der Waals surface area contributed by atoms with E-state index in [4.69, 9.17) is 22.4 Å². The SMILES string of the molecule is CN(c1cccc(-c2ccc(C(C)(C)O)nc2)c1)c1nc(=N)n(C=N)c2cc(Cl)ccc12. The third-order valence-electron chi connectivity index (χ3n) is 5.30. The molecule has 0 bridgehead atoms. The van der Waals surface area contributed by atoms with Gasteiger partial charge in [0.2, 0.25) is 5.62 Å². The minimum absolute atomic E-state index is 0.0563. The largest absolute Gasteiger partial charge is 0.384 e. The predicted molar refractivity (Wildman–Crippen MR) is 128 cm³/mol. The molecule has 0 aliphatic heterocycles. The smallest absolute Gasteiger partial charge is 0.229 e. The number of anilines is 2. The Morgan fingerprint density at radius 2 is 1.88 bits per heavy atom. The summed E-state index contributed by atoms with van der Waals surface area (Å²) in [6, 6.07) is 17.0.